The molecular formula is C18H26N4O3. The van der Waals surface area contributed by atoms with Crippen LogP contribution in [0, 0.1) is 5.41 Å². The van der Waals surface area contributed by atoms with Gasteiger partial charge in [-0.1, -0.05) is 13.8 Å². The summed E-state index contributed by atoms with van der Waals surface area (Å²) < 4.78 is 1.57. The van der Waals surface area contributed by atoms with E-state index in [9.17, 15) is 14.7 Å². The molecule has 0 unspecified atom stereocenters. The lowest BCUT2D eigenvalue weighted by Crippen LogP contribution is -2.27. The van der Waals surface area contributed by atoms with Gasteiger partial charge in [-0.15, -0.1) is 0 Å². The van der Waals surface area contributed by atoms with Crippen molar-refractivity contribution in [2.75, 3.05) is 13.2 Å². The quantitative estimate of drug-likeness (QED) is 0.664. The molecule has 1 aliphatic rings. The zero-order valence-corrected chi connectivity index (χ0v) is 15.1. The van der Waals surface area contributed by atoms with Gasteiger partial charge in [-0.2, -0.15) is 0 Å². The Hall–Kier alpha value is -2.15. The molecule has 3 rings (SSSR count). The zero-order chi connectivity index (χ0) is 18.2. The Kier molecular flexibility index (Phi) is 4.69. The first kappa shape index (κ1) is 17.7. The van der Waals surface area contributed by atoms with E-state index < -0.39 is 0 Å². The average molecular weight is 346 g/mol. The van der Waals surface area contributed by atoms with Crippen molar-refractivity contribution in [1.29, 1.82) is 0 Å². The number of nitrogens with zero attached hydrogens (tertiary/aromatic N) is 2. The van der Waals surface area contributed by atoms with Crippen molar-refractivity contribution in [2.24, 2.45) is 12.5 Å². The smallest absolute Gasteiger partial charge is 0.274 e. The van der Waals surface area contributed by atoms with Crippen LogP contribution in [0.15, 0.2) is 10.9 Å². The summed E-state index contributed by atoms with van der Waals surface area (Å²) in [6.45, 7) is 4.62. The molecule has 2 aromatic rings. The molecule has 0 atom stereocenters. The number of hydrogen-bond donors (Lipinski definition) is 3. The molecule has 0 bridgehead atoms. The van der Waals surface area contributed by atoms with Crippen LogP contribution in [0.3, 0.4) is 0 Å². The Bertz CT molecular complexity index is 846. The van der Waals surface area contributed by atoms with Gasteiger partial charge in [-0.25, -0.2) is 4.98 Å². The minimum atomic E-state index is -0.293. The van der Waals surface area contributed by atoms with Gasteiger partial charge < -0.3 is 10.4 Å². The minimum absolute atomic E-state index is 0.121. The number of carbonyl (C=O) groups is 1. The second-order valence-corrected chi connectivity index (χ2v) is 7.75. The summed E-state index contributed by atoms with van der Waals surface area (Å²) in [7, 11) is 1.73. The van der Waals surface area contributed by atoms with Crippen LogP contribution in [-0.4, -0.2) is 38.9 Å². The molecule has 136 valence electrons. The van der Waals surface area contributed by atoms with Crippen molar-refractivity contribution in [2.45, 2.75) is 45.4 Å². The predicted octanol–water partition coefficient (Wildman–Crippen LogP) is 1.67. The lowest BCUT2D eigenvalue weighted by molar-refractivity contribution is 0.0950. The molecule has 2 heterocycles. The van der Waals surface area contributed by atoms with Crippen LogP contribution in [0.2, 0.25) is 0 Å². The van der Waals surface area contributed by atoms with Crippen molar-refractivity contribution in [1.82, 2.24) is 20.1 Å². The Labute approximate surface area is 146 Å². The van der Waals surface area contributed by atoms with E-state index in [4.69, 9.17) is 0 Å². The Morgan fingerprint density at radius 3 is 2.84 bits per heavy atom. The highest BCUT2D eigenvalue weighted by Crippen LogP contribution is 2.39. The van der Waals surface area contributed by atoms with Gasteiger partial charge in [0.05, 0.1) is 10.9 Å². The number of amides is 1. The highest BCUT2D eigenvalue weighted by Gasteiger charge is 2.28. The zero-order valence-electron chi connectivity index (χ0n) is 15.1. The first-order chi connectivity index (χ1) is 11.8. The third-order valence-electron chi connectivity index (χ3n) is 4.82. The van der Waals surface area contributed by atoms with Crippen molar-refractivity contribution in [3.05, 3.63) is 27.7 Å². The van der Waals surface area contributed by atoms with E-state index in [0.717, 1.165) is 31.4 Å². The van der Waals surface area contributed by atoms with Gasteiger partial charge in [0.25, 0.3) is 11.5 Å². The summed E-state index contributed by atoms with van der Waals surface area (Å²) in [5.41, 5.74) is 1.37. The summed E-state index contributed by atoms with van der Waals surface area (Å²) in [6.07, 6.45) is 3.74. The molecule has 0 aliphatic heterocycles. The van der Waals surface area contributed by atoms with Crippen LogP contribution >= 0.6 is 0 Å². The molecule has 0 spiro atoms. The van der Waals surface area contributed by atoms with Crippen LogP contribution in [-0.2, 0) is 7.05 Å². The maximum atomic E-state index is 12.7. The standard InChI is InChI=1S/C18H26N4O3/c1-18(2,10-23)7-4-8-19-16(24)12-9-13(11-5-6-11)20-15-14(12)17(25)21-22(15)3/h9,11,23H,4-8,10H2,1-3H3,(H,19,24)(H,21,25). The number of fused-ring (bicyclic) bond motifs is 1. The van der Waals surface area contributed by atoms with Gasteiger partial charge in [0, 0.05) is 31.8 Å². The minimum Gasteiger partial charge on any atom is -0.396 e. The molecule has 25 heavy (non-hydrogen) atoms. The van der Waals surface area contributed by atoms with Gasteiger partial charge in [0.2, 0.25) is 0 Å². The number of aryl methyl sites for hydroxylation is 1. The molecule has 0 radical (unpaired) electrons. The van der Waals surface area contributed by atoms with Gasteiger partial charge in [0.15, 0.2) is 5.65 Å². The van der Waals surface area contributed by atoms with Crippen molar-refractivity contribution in [3.63, 3.8) is 0 Å². The number of pyridine rings is 1. The van der Waals surface area contributed by atoms with Crippen LogP contribution < -0.4 is 10.9 Å². The molecule has 7 heteroatoms. The first-order valence-electron chi connectivity index (χ1n) is 8.81. The predicted molar refractivity (Wildman–Crippen MR) is 95.7 cm³/mol. The number of aromatic nitrogens is 3. The number of H-pyrrole nitrogens is 1. The summed E-state index contributed by atoms with van der Waals surface area (Å²) in [6, 6.07) is 1.77. The van der Waals surface area contributed by atoms with Crippen LogP contribution in [0.5, 0.6) is 0 Å². The molecular weight excluding hydrogens is 320 g/mol. The Balaban J connectivity index is 1.79. The highest BCUT2D eigenvalue weighted by atomic mass is 16.3. The van der Waals surface area contributed by atoms with Crippen molar-refractivity contribution >= 4 is 16.9 Å². The number of hydrogen-bond acceptors (Lipinski definition) is 4. The molecule has 1 amide bonds. The average Bonchev–Trinajstić information content (AvgIpc) is 3.38. The van der Waals surface area contributed by atoms with E-state index in [1.165, 1.54) is 0 Å². The van der Waals surface area contributed by atoms with Gasteiger partial charge in [-0.3, -0.25) is 19.4 Å². The molecule has 3 N–H and O–H groups in total. The fraction of sp³-hybridized carbons (Fsp3) is 0.611. The monoisotopic (exact) mass is 346 g/mol. The van der Waals surface area contributed by atoms with Gasteiger partial charge in [0.1, 0.15) is 0 Å². The number of rotatable bonds is 7. The number of carbonyl (C=O) groups excluding carboxylic acids is 1. The normalized spacial score (nSPS) is 14.9. The van der Waals surface area contributed by atoms with Gasteiger partial charge >= 0.3 is 0 Å². The lowest BCUT2D eigenvalue weighted by Gasteiger charge is -2.21. The third-order valence-corrected chi connectivity index (χ3v) is 4.82. The SMILES string of the molecule is Cn1[nH]c(=O)c2c(C(=O)NCCCC(C)(C)CO)cc(C3CC3)nc21. The van der Waals surface area contributed by atoms with Crippen molar-refractivity contribution < 1.29 is 9.90 Å². The first-order valence-corrected chi connectivity index (χ1v) is 8.81. The fourth-order valence-corrected chi connectivity index (χ4v) is 2.99. The van der Waals surface area contributed by atoms with Gasteiger partial charge in [-0.05, 0) is 37.2 Å². The topological polar surface area (TPSA) is 100 Å². The van der Waals surface area contributed by atoms with Crippen LogP contribution in [0.1, 0.15) is 61.5 Å². The molecule has 7 nitrogen and oxygen atoms in total. The van der Waals surface area contributed by atoms with E-state index in [1.54, 1.807) is 17.8 Å². The molecule has 0 aromatic carbocycles. The van der Waals surface area contributed by atoms with Crippen LogP contribution in [0.4, 0.5) is 0 Å². The molecule has 0 saturated heterocycles. The lowest BCUT2D eigenvalue weighted by atomic mass is 9.89. The highest BCUT2D eigenvalue weighted by molar-refractivity contribution is 6.05. The van der Waals surface area contributed by atoms with Crippen LogP contribution in [0.25, 0.3) is 11.0 Å². The third kappa shape index (κ3) is 3.76. The summed E-state index contributed by atoms with van der Waals surface area (Å²) in [5.74, 6) is 0.152. The molecule has 2 aromatic heterocycles. The second kappa shape index (κ2) is 6.63. The van der Waals surface area contributed by atoms with Crippen molar-refractivity contribution in [3.8, 4) is 0 Å². The molecule has 1 aliphatic carbocycles. The van der Waals surface area contributed by atoms with E-state index >= 15 is 0 Å². The van der Waals surface area contributed by atoms with E-state index in [-0.39, 0.29) is 23.5 Å². The fourth-order valence-electron chi connectivity index (χ4n) is 2.99. The maximum absolute atomic E-state index is 12.7. The number of aromatic amines is 1. The number of aliphatic hydroxyl groups excluding tert-OH is 1. The maximum Gasteiger partial charge on any atom is 0.274 e. The van der Waals surface area contributed by atoms with E-state index in [1.807, 2.05) is 13.8 Å². The Morgan fingerprint density at radius 2 is 2.20 bits per heavy atom. The van der Waals surface area contributed by atoms with E-state index in [0.29, 0.717) is 29.1 Å². The summed E-state index contributed by atoms with van der Waals surface area (Å²) >= 11 is 0. The molecule has 1 fully saturated rings. The number of nitrogens with one attached hydrogen (secondary N) is 2. The number of aliphatic hydroxyl groups is 1. The van der Waals surface area contributed by atoms with E-state index in [2.05, 4.69) is 15.4 Å². The molecule has 1 saturated carbocycles. The summed E-state index contributed by atoms with van der Waals surface area (Å²) in [4.78, 5) is 29.4. The summed E-state index contributed by atoms with van der Waals surface area (Å²) in [5, 5.41) is 15.2. The Morgan fingerprint density at radius 1 is 1.48 bits per heavy atom. The largest absolute Gasteiger partial charge is 0.396 e. The second-order valence-electron chi connectivity index (χ2n) is 7.75.